The number of benzene rings is 1. The van der Waals surface area contributed by atoms with Gasteiger partial charge in [-0.05, 0) is 32.4 Å². The van der Waals surface area contributed by atoms with Crippen molar-refractivity contribution in [3.05, 3.63) is 47.8 Å². The SMILES string of the molecule is Cc1cnn(CC2CN(Cc3ccccc3OC(C)C)CCO2)c1. The van der Waals surface area contributed by atoms with Gasteiger partial charge in [-0.1, -0.05) is 18.2 Å². The molecule has 3 rings (SSSR count). The summed E-state index contributed by atoms with van der Waals surface area (Å²) in [7, 11) is 0. The maximum atomic E-state index is 5.94. The largest absolute Gasteiger partial charge is 0.491 e. The summed E-state index contributed by atoms with van der Waals surface area (Å²) in [6, 6.07) is 8.31. The Hall–Kier alpha value is -1.85. The van der Waals surface area contributed by atoms with Crippen LogP contribution in [-0.4, -0.2) is 46.6 Å². The molecule has 130 valence electrons. The monoisotopic (exact) mass is 329 g/mol. The summed E-state index contributed by atoms with van der Waals surface area (Å²) < 4.78 is 13.8. The summed E-state index contributed by atoms with van der Waals surface area (Å²) in [6.45, 7) is 10.5. The number of aryl methyl sites for hydroxylation is 1. The van der Waals surface area contributed by atoms with Crippen LogP contribution in [0.4, 0.5) is 0 Å². The van der Waals surface area contributed by atoms with Crippen molar-refractivity contribution in [3.8, 4) is 5.75 Å². The van der Waals surface area contributed by atoms with Crippen molar-refractivity contribution in [2.75, 3.05) is 19.7 Å². The van der Waals surface area contributed by atoms with Crippen LogP contribution in [0.15, 0.2) is 36.7 Å². The Morgan fingerprint density at radius 1 is 1.33 bits per heavy atom. The molecule has 0 bridgehead atoms. The van der Waals surface area contributed by atoms with E-state index in [0.29, 0.717) is 0 Å². The van der Waals surface area contributed by atoms with E-state index >= 15 is 0 Å². The maximum Gasteiger partial charge on any atom is 0.124 e. The summed E-state index contributed by atoms with van der Waals surface area (Å²) in [5, 5.41) is 4.36. The van der Waals surface area contributed by atoms with Crippen molar-refractivity contribution in [3.63, 3.8) is 0 Å². The van der Waals surface area contributed by atoms with Crippen LogP contribution in [0.3, 0.4) is 0 Å². The average molecular weight is 329 g/mol. The van der Waals surface area contributed by atoms with Crippen molar-refractivity contribution in [2.45, 2.75) is 46.1 Å². The highest BCUT2D eigenvalue weighted by atomic mass is 16.5. The molecule has 5 heteroatoms. The lowest BCUT2D eigenvalue weighted by Crippen LogP contribution is -2.43. The molecule has 0 radical (unpaired) electrons. The highest BCUT2D eigenvalue weighted by Crippen LogP contribution is 2.22. The van der Waals surface area contributed by atoms with Crippen molar-refractivity contribution >= 4 is 0 Å². The Morgan fingerprint density at radius 2 is 2.17 bits per heavy atom. The van der Waals surface area contributed by atoms with E-state index in [-0.39, 0.29) is 12.2 Å². The summed E-state index contributed by atoms with van der Waals surface area (Å²) in [6.07, 6.45) is 4.32. The van der Waals surface area contributed by atoms with Gasteiger partial charge >= 0.3 is 0 Å². The molecule has 2 aromatic rings. The number of para-hydroxylation sites is 1. The third kappa shape index (κ3) is 4.58. The van der Waals surface area contributed by atoms with E-state index in [1.165, 1.54) is 11.1 Å². The fourth-order valence-corrected chi connectivity index (χ4v) is 3.05. The first kappa shape index (κ1) is 17.0. The molecule has 0 spiro atoms. The van der Waals surface area contributed by atoms with E-state index in [1.54, 1.807) is 0 Å². The molecule has 1 aliphatic rings. The molecule has 1 aromatic heterocycles. The topological polar surface area (TPSA) is 39.5 Å². The highest BCUT2D eigenvalue weighted by molar-refractivity contribution is 5.33. The van der Waals surface area contributed by atoms with Crippen LogP contribution in [0.5, 0.6) is 5.75 Å². The van der Waals surface area contributed by atoms with Crippen molar-refractivity contribution in [2.24, 2.45) is 0 Å². The molecule has 24 heavy (non-hydrogen) atoms. The zero-order valence-corrected chi connectivity index (χ0v) is 14.8. The van der Waals surface area contributed by atoms with E-state index in [4.69, 9.17) is 9.47 Å². The quantitative estimate of drug-likeness (QED) is 0.817. The molecule has 0 amide bonds. The Balaban J connectivity index is 1.61. The second kappa shape index (κ2) is 7.81. The zero-order chi connectivity index (χ0) is 16.9. The third-order valence-electron chi connectivity index (χ3n) is 4.11. The van der Waals surface area contributed by atoms with Crippen LogP contribution in [0.2, 0.25) is 0 Å². The standard InChI is InChI=1S/C19H27N3O2/c1-15(2)24-19-7-5-4-6-17(19)12-21-8-9-23-18(13-21)14-22-11-16(3)10-20-22/h4-7,10-11,15,18H,8-9,12-14H2,1-3H3. The van der Waals surface area contributed by atoms with Gasteiger partial charge in [0.15, 0.2) is 0 Å². The smallest absolute Gasteiger partial charge is 0.124 e. The lowest BCUT2D eigenvalue weighted by molar-refractivity contribution is -0.0404. The minimum Gasteiger partial charge on any atom is -0.491 e. The lowest BCUT2D eigenvalue weighted by Gasteiger charge is -2.33. The van der Waals surface area contributed by atoms with Crippen molar-refractivity contribution < 1.29 is 9.47 Å². The fraction of sp³-hybridized carbons (Fsp3) is 0.526. The molecule has 1 atom stereocenters. The number of rotatable bonds is 6. The second-order valence-corrected chi connectivity index (χ2v) is 6.74. The molecular formula is C19H27N3O2. The van der Waals surface area contributed by atoms with Gasteiger partial charge < -0.3 is 9.47 Å². The molecule has 1 fully saturated rings. The molecule has 1 aromatic carbocycles. The van der Waals surface area contributed by atoms with Crippen molar-refractivity contribution in [1.29, 1.82) is 0 Å². The molecule has 0 N–H and O–H groups in total. The highest BCUT2D eigenvalue weighted by Gasteiger charge is 2.22. The normalized spacial score (nSPS) is 18.9. The van der Waals surface area contributed by atoms with Crippen LogP contribution < -0.4 is 4.74 Å². The van der Waals surface area contributed by atoms with Gasteiger partial charge in [0.25, 0.3) is 0 Å². The minimum atomic E-state index is 0.177. The van der Waals surface area contributed by atoms with Gasteiger partial charge in [0.1, 0.15) is 5.75 Å². The van der Waals surface area contributed by atoms with E-state index in [9.17, 15) is 0 Å². The minimum absolute atomic E-state index is 0.177. The van der Waals surface area contributed by atoms with Gasteiger partial charge in [0.05, 0.1) is 31.6 Å². The van der Waals surface area contributed by atoms with E-state index in [0.717, 1.165) is 38.5 Å². The van der Waals surface area contributed by atoms with E-state index in [1.807, 2.05) is 16.9 Å². The molecule has 1 aliphatic heterocycles. The first-order valence-electron chi connectivity index (χ1n) is 8.67. The molecule has 0 saturated carbocycles. The van der Waals surface area contributed by atoms with Crippen LogP contribution in [0.1, 0.15) is 25.0 Å². The number of aromatic nitrogens is 2. The van der Waals surface area contributed by atoms with E-state index < -0.39 is 0 Å². The van der Waals surface area contributed by atoms with E-state index in [2.05, 4.69) is 55.2 Å². The van der Waals surface area contributed by atoms with Gasteiger partial charge in [-0.25, -0.2) is 0 Å². The van der Waals surface area contributed by atoms with Gasteiger partial charge in [0, 0.05) is 31.4 Å². The zero-order valence-electron chi connectivity index (χ0n) is 14.8. The number of nitrogens with zero attached hydrogens (tertiary/aromatic N) is 3. The first-order valence-corrected chi connectivity index (χ1v) is 8.67. The Morgan fingerprint density at radius 3 is 2.92 bits per heavy atom. The van der Waals surface area contributed by atoms with Gasteiger partial charge in [-0.15, -0.1) is 0 Å². The number of hydrogen-bond donors (Lipinski definition) is 0. The molecular weight excluding hydrogens is 302 g/mol. The van der Waals surface area contributed by atoms with Gasteiger partial charge in [0.2, 0.25) is 0 Å². The van der Waals surface area contributed by atoms with Crippen LogP contribution in [0.25, 0.3) is 0 Å². The molecule has 1 saturated heterocycles. The lowest BCUT2D eigenvalue weighted by atomic mass is 10.1. The number of hydrogen-bond acceptors (Lipinski definition) is 4. The summed E-state index contributed by atoms with van der Waals surface area (Å²) >= 11 is 0. The average Bonchev–Trinajstić information content (AvgIpc) is 2.94. The Kier molecular flexibility index (Phi) is 5.53. The summed E-state index contributed by atoms with van der Waals surface area (Å²) in [5.41, 5.74) is 2.42. The van der Waals surface area contributed by atoms with Crippen LogP contribution in [-0.2, 0) is 17.8 Å². The predicted molar refractivity (Wildman–Crippen MR) is 94.2 cm³/mol. The molecule has 2 heterocycles. The molecule has 1 unspecified atom stereocenters. The van der Waals surface area contributed by atoms with Crippen molar-refractivity contribution in [1.82, 2.24) is 14.7 Å². The molecule has 0 aliphatic carbocycles. The first-order chi connectivity index (χ1) is 11.6. The third-order valence-corrected chi connectivity index (χ3v) is 4.11. The second-order valence-electron chi connectivity index (χ2n) is 6.74. The maximum absolute atomic E-state index is 5.94. The molecule has 5 nitrogen and oxygen atoms in total. The van der Waals surface area contributed by atoms with Gasteiger partial charge in [-0.3, -0.25) is 9.58 Å². The Bertz CT molecular complexity index is 654. The number of ether oxygens (including phenoxy) is 2. The Labute approximate surface area is 144 Å². The summed E-state index contributed by atoms with van der Waals surface area (Å²) in [5.74, 6) is 0.984. The predicted octanol–water partition coefficient (Wildman–Crippen LogP) is 2.88. The van der Waals surface area contributed by atoms with Crippen LogP contribution >= 0.6 is 0 Å². The fourth-order valence-electron chi connectivity index (χ4n) is 3.05. The number of morpholine rings is 1. The summed E-state index contributed by atoms with van der Waals surface area (Å²) in [4.78, 5) is 2.44. The van der Waals surface area contributed by atoms with Crippen LogP contribution in [0, 0.1) is 6.92 Å². The van der Waals surface area contributed by atoms with Gasteiger partial charge in [-0.2, -0.15) is 5.10 Å².